The maximum atomic E-state index is 13.5. The molecule has 0 unspecified atom stereocenters. The summed E-state index contributed by atoms with van der Waals surface area (Å²) in [5.41, 5.74) is 1.72. The Morgan fingerprint density at radius 2 is 1.75 bits per heavy atom. The van der Waals surface area contributed by atoms with E-state index in [0.717, 1.165) is 12.1 Å². The Hall–Kier alpha value is -0.838. The van der Waals surface area contributed by atoms with Crippen molar-refractivity contribution < 1.29 is 99.6 Å². The number of sulfonamides is 1. The zero-order chi connectivity index (χ0) is 29.1. The Bertz CT molecular complexity index is 1590. The van der Waals surface area contributed by atoms with Gasteiger partial charge in [-0.2, -0.15) is 9.40 Å². The van der Waals surface area contributed by atoms with Crippen LogP contribution >= 0.6 is 0 Å². The van der Waals surface area contributed by atoms with Crippen molar-refractivity contribution in [3.05, 3.63) is 34.2 Å². The third-order valence-electron chi connectivity index (χ3n) is 5.92. The van der Waals surface area contributed by atoms with Crippen molar-refractivity contribution in [2.45, 2.75) is 57.5 Å². The normalized spacial score (nSPS) is 18.1. The second-order valence-electron chi connectivity index (χ2n) is 9.24. The van der Waals surface area contributed by atoms with E-state index in [4.69, 9.17) is 27.2 Å². The molecule has 14 nitrogen and oxygen atoms in total. The fraction of sp³-hybridized carbons (Fsp3) is 0.522. The van der Waals surface area contributed by atoms with Gasteiger partial charge in [0.25, 0.3) is 5.56 Å². The molecule has 3 heterocycles. The molecule has 40 heavy (non-hydrogen) atoms. The molecular weight excluding hydrogens is 685 g/mol. The number of nitrogens with zero attached hydrogens (tertiary/aromatic N) is 4. The SMILES string of the molecule is CCCc1nn(C)c2c(=O)[nH]c(-c3cc(S(=O)(=O)N4C[C@@H](C)N[C@@H](C)C4)ccc3OCC)nc12.O=S(=O)([O-])O.[Cs+]. The fourth-order valence-electron chi connectivity index (χ4n) is 4.54. The zero-order valence-electron chi connectivity index (χ0n) is 23.3. The summed E-state index contributed by atoms with van der Waals surface area (Å²) in [6, 6.07) is 4.80. The number of benzene rings is 1. The van der Waals surface area contributed by atoms with Gasteiger partial charge in [-0.3, -0.25) is 14.0 Å². The third kappa shape index (κ3) is 8.84. The van der Waals surface area contributed by atoms with E-state index in [2.05, 4.69) is 15.4 Å². The number of aromatic nitrogens is 4. The second-order valence-corrected chi connectivity index (χ2v) is 12.0. The monoisotopic (exact) mass is 718 g/mol. The molecule has 3 N–H and O–H groups in total. The average molecular weight is 719 g/mol. The maximum Gasteiger partial charge on any atom is 1.00 e. The predicted octanol–water partition coefficient (Wildman–Crippen LogP) is -1.95. The van der Waals surface area contributed by atoms with Gasteiger partial charge >= 0.3 is 68.9 Å². The molecule has 0 amide bonds. The molecule has 4 rings (SSSR count). The van der Waals surface area contributed by atoms with Crippen molar-refractivity contribution in [1.29, 1.82) is 0 Å². The summed E-state index contributed by atoms with van der Waals surface area (Å²) in [7, 11) is -6.96. The molecular formula is C23H33CsN6O8S2. The van der Waals surface area contributed by atoms with Crippen LogP contribution in [-0.2, 0) is 33.9 Å². The van der Waals surface area contributed by atoms with Crippen molar-refractivity contribution in [2.75, 3.05) is 19.7 Å². The minimum absolute atomic E-state index is 0. The molecule has 17 heteroatoms. The third-order valence-corrected chi connectivity index (χ3v) is 7.74. The van der Waals surface area contributed by atoms with Crippen LogP contribution in [0.3, 0.4) is 0 Å². The summed E-state index contributed by atoms with van der Waals surface area (Å²) in [5.74, 6) is 0.706. The van der Waals surface area contributed by atoms with Gasteiger partial charge in [0.2, 0.25) is 20.4 Å². The smallest absolute Gasteiger partial charge is 0.726 e. The summed E-state index contributed by atoms with van der Waals surface area (Å²) in [4.78, 5) is 20.6. The quantitative estimate of drug-likeness (QED) is 0.181. The molecule has 0 radical (unpaired) electrons. The van der Waals surface area contributed by atoms with Gasteiger partial charge in [0, 0.05) is 32.2 Å². The van der Waals surface area contributed by atoms with Gasteiger partial charge < -0.3 is 19.6 Å². The predicted molar refractivity (Wildman–Crippen MR) is 143 cm³/mol. The van der Waals surface area contributed by atoms with Gasteiger partial charge in [0.05, 0.1) is 22.8 Å². The van der Waals surface area contributed by atoms with Crippen molar-refractivity contribution >= 4 is 31.5 Å². The van der Waals surface area contributed by atoms with Crippen LogP contribution in [-0.4, -0.2) is 81.8 Å². The summed E-state index contributed by atoms with van der Waals surface area (Å²) in [5, 5.41) is 7.81. The van der Waals surface area contributed by atoms with Crippen molar-refractivity contribution in [1.82, 2.24) is 29.4 Å². The Balaban J connectivity index is 0.000000858. The molecule has 3 aromatic rings. The molecule has 0 saturated carbocycles. The first-order valence-corrected chi connectivity index (χ1v) is 15.1. The summed E-state index contributed by atoms with van der Waals surface area (Å²) < 4.78 is 68.6. The molecule has 1 aliphatic rings. The van der Waals surface area contributed by atoms with Crippen molar-refractivity contribution in [3.8, 4) is 17.1 Å². The van der Waals surface area contributed by atoms with Crippen LogP contribution in [0.1, 0.15) is 39.8 Å². The van der Waals surface area contributed by atoms with E-state index in [0.29, 0.717) is 48.5 Å². The first-order chi connectivity index (χ1) is 18.1. The molecule has 216 valence electrons. The van der Waals surface area contributed by atoms with Gasteiger partial charge in [-0.1, -0.05) is 13.3 Å². The van der Waals surface area contributed by atoms with Crippen LogP contribution in [0.5, 0.6) is 5.75 Å². The summed E-state index contributed by atoms with van der Waals surface area (Å²) in [6.07, 6.45) is 1.54. The summed E-state index contributed by atoms with van der Waals surface area (Å²) >= 11 is 0. The molecule has 1 saturated heterocycles. The van der Waals surface area contributed by atoms with Crippen LogP contribution in [0.25, 0.3) is 22.4 Å². The molecule has 2 aromatic heterocycles. The molecule has 1 fully saturated rings. The van der Waals surface area contributed by atoms with E-state index in [9.17, 15) is 13.2 Å². The molecule has 0 bridgehead atoms. The number of fused-ring (bicyclic) bond motifs is 1. The van der Waals surface area contributed by atoms with E-state index in [1.807, 2.05) is 27.7 Å². The number of ether oxygens (including phenoxy) is 1. The van der Waals surface area contributed by atoms with Crippen molar-refractivity contribution in [2.24, 2.45) is 7.05 Å². The van der Waals surface area contributed by atoms with Crippen LogP contribution < -0.4 is 84.5 Å². The first kappa shape index (κ1) is 35.4. The van der Waals surface area contributed by atoms with Gasteiger partial charge in [-0.15, -0.1) is 0 Å². The van der Waals surface area contributed by atoms with Crippen LogP contribution in [0.4, 0.5) is 0 Å². The number of H-pyrrole nitrogens is 1. The standard InChI is InChI=1S/C23H32N6O4S.Cs.H2O4S/c1-6-8-18-20-21(28(5)27-18)23(30)26-22(25-20)17-11-16(9-10-19(17)33-7-2)34(31,32)29-12-14(3)24-15(4)13-29;;1-5(2,3)4/h9-11,14-15,24H,6-8,12-13H2,1-5H3,(H,25,26,30);;(H2,1,2,3,4)/q;+1;/p-1/t14-,15+;;. The van der Waals surface area contributed by atoms with Crippen molar-refractivity contribution in [3.63, 3.8) is 0 Å². The van der Waals surface area contributed by atoms with E-state index >= 15 is 0 Å². The largest absolute Gasteiger partial charge is 1.00 e. The zero-order valence-corrected chi connectivity index (χ0v) is 31.2. The van der Waals surface area contributed by atoms with Crippen LogP contribution in [0.2, 0.25) is 0 Å². The first-order valence-electron chi connectivity index (χ1n) is 12.3. The molecule has 1 aliphatic heterocycles. The van der Waals surface area contributed by atoms with E-state index < -0.39 is 20.4 Å². The second kappa shape index (κ2) is 14.6. The minimum atomic E-state index is -4.92. The van der Waals surface area contributed by atoms with E-state index in [1.54, 1.807) is 19.2 Å². The van der Waals surface area contributed by atoms with E-state index in [1.165, 1.54) is 15.1 Å². The maximum absolute atomic E-state index is 13.5. The number of aromatic amines is 1. The van der Waals surface area contributed by atoms with Crippen LogP contribution in [0, 0.1) is 0 Å². The number of hydrogen-bond donors (Lipinski definition) is 3. The minimum Gasteiger partial charge on any atom is -0.726 e. The Morgan fingerprint density at radius 1 is 1.15 bits per heavy atom. The Labute approximate surface area is 292 Å². The molecule has 0 aliphatic carbocycles. The number of nitrogens with one attached hydrogen (secondary N) is 2. The van der Waals surface area contributed by atoms with Crippen LogP contribution in [0.15, 0.2) is 27.9 Å². The average Bonchev–Trinajstić information content (AvgIpc) is 3.13. The van der Waals surface area contributed by atoms with Gasteiger partial charge in [0.15, 0.2) is 5.52 Å². The topological polar surface area (TPSA) is 200 Å². The number of rotatable bonds is 7. The van der Waals surface area contributed by atoms with Gasteiger partial charge in [-0.25, -0.2) is 21.8 Å². The Kier molecular flexibility index (Phi) is 12.9. The number of hydrogen-bond acceptors (Lipinski definition) is 10. The molecule has 0 spiro atoms. The van der Waals surface area contributed by atoms with Gasteiger partial charge in [0.1, 0.15) is 17.1 Å². The molecule has 2 atom stereocenters. The van der Waals surface area contributed by atoms with Gasteiger partial charge in [-0.05, 0) is 45.4 Å². The summed E-state index contributed by atoms with van der Waals surface area (Å²) in [6.45, 7) is 8.96. The number of aryl methyl sites for hydroxylation is 2. The number of piperazine rings is 1. The molecule has 1 aromatic carbocycles. The fourth-order valence-corrected chi connectivity index (χ4v) is 6.18. The Morgan fingerprint density at radius 3 is 2.30 bits per heavy atom. The van der Waals surface area contributed by atoms with E-state index in [-0.39, 0.29) is 97.3 Å².